The monoisotopic (exact) mass is 381 g/mol. The van der Waals surface area contributed by atoms with Gasteiger partial charge in [0.15, 0.2) is 0 Å². The van der Waals surface area contributed by atoms with Crippen molar-refractivity contribution >= 4 is 17.8 Å². The van der Waals surface area contributed by atoms with Crippen LogP contribution in [0.3, 0.4) is 0 Å². The molecular formula is C21H23N3O4. The van der Waals surface area contributed by atoms with Gasteiger partial charge in [0, 0.05) is 19.6 Å². The van der Waals surface area contributed by atoms with Crippen LogP contribution in [0.5, 0.6) is 5.75 Å². The minimum Gasteiger partial charge on any atom is -0.496 e. The second kappa shape index (κ2) is 9.03. The van der Waals surface area contributed by atoms with Gasteiger partial charge in [-0.15, -0.1) is 0 Å². The summed E-state index contributed by atoms with van der Waals surface area (Å²) in [5.74, 6) is 0.245. The van der Waals surface area contributed by atoms with E-state index in [1.807, 2.05) is 24.3 Å². The Morgan fingerprint density at radius 3 is 2.21 bits per heavy atom. The van der Waals surface area contributed by atoms with Crippen LogP contribution >= 0.6 is 0 Å². The van der Waals surface area contributed by atoms with E-state index in [1.165, 1.54) is 4.90 Å². The Morgan fingerprint density at radius 2 is 1.54 bits per heavy atom. The molecule has 0 saturated carbocycles. The van der Waals surface area contributed by atoms with Crippen molar-refractivity contribution in [3.05, 3.63) is 65.2 Å². The number of nitrogens with one attached hydrogen (secondary N) is 2. The molecule has 4 amide bonds. The molecule has 0 aliphatic carbocycles. The fourth-order valence-corrected chi connectivity index (χ4v) is 3.16. The second-order valence-corrected chi connectivity index (χ2v) is 6.41. The number of carbonyl (C=O) groups excluding carboxylic acids is 3. The summed E-state index contributed by atoms with van der Waals surface area (Å²) in [6.07, 6.45) is 1.15. The van der Waals surface area contributed by atoms with Crippen molar-refractivity contribution in [3.63, 3.8) is 0 Å². The van der Waals surface area contributed by atoms with E-state index in [2.05, 4.69) is 10.6 Å². The molecule has 0 saturated heterocycles. The Balaban J connectivity index is 1.36. The largest absolute Gasteiger partial charge is 0.496 e. The molecule has 146 valence electrons. The quantitative estimate of drug-likeness (QED) is 0.542. The minimum absolute atomic E-state index is 0.272. The van der Waals surface area contributed by atoms with E-state index >= 15 is 0 Å². The molecule has 2 aromatic carbocycles. The normalized spacial score (nSPS) is 12.7. The van der Waals surface area contributed by atoms with Gasteiger partial charge in [0.05, 0.1) is 18.2 Å². The summed E-state index contributed by atoms with van der Waals surface area (Å²) < 4.78 is 5.28. The van der Waals surface area contributed by atoms with Crippen LogP contribution < -0.4 is 15.4 Å². The SMILES string of the molecule is COc1ccccc1CCNC(=O)NCCCN1C(=O)c2ccccc2C1=O. The van der Waals surface area contributed by atoms with Gasteiger partial charge in [-0.2, -0.15) is 0 Å². The van der Waals surface area contributed by atoms with Crippen molar-refractivity contribution in [2.45, 2.75) is 12.8 Å². The predicted octanol–water partition coefficient (Wildman–Crippen LogP) is 2.22. The molecule has 3 rings (SSSR count). The smallest absolute Gasteiger partial charge is 0.314 e. The Morgan fingerprint density at radius 1 is 0.929 bits per heavy atom. The third-order valence-electron chi connectivity index (χ3n) is 4.59. The fourth-order valence-electron chi connectivity index (χ4n) is 3.16. The van der Waals surface area contributed by atoms with Crippen molar-refractivity contribution < 1.29 is 19.1 Å². The third kappa shape index (κ3) is 4.31. The average molecular weight is 381 g/mol. The first-order valence-corrected chi connectivity index (χ1v) is 9.20. The van der Waals surface area contributed by atoms with E-state index in [4.69, 9.17) is 4.74 Å². The van der Waals surface area contributed by atoms with Crippen molar-refractivity contribution in [3.8, 4) is 5.75 Å². The first-order chi connectivity index (χ1) is 13.6. The number of nitrogens with zero attached hydrogens (tertiary/aromatic N) is 1. The van der Waals surface area contributed by atoms with Crippen LogP contribution in [0.15, 0.2) is 48.5 Å². The van der Waals surface area contributed by atoms with Gasteiger partial charge in [-0.05, 0) is 36.6 Å². The number of amides is 4. The standard InChI is InChI=1S/C21H23N3O4/c1-28-18-10-5-2-7-15(18)11-13-23-21(27)22-12-6-14-24-19(25)16-8-3-4-9-17(16)20(24)26/h2-5,7-10H,6,11-14H2,1H3,(H2,22,23,27). The number of imide groups is 1. The maximum Gasteiger partial charge on any atom is 0.314 e. The van der Waals surface area contributed by atoms with Gasteiger partial charge in [-0.25, -0.2) is 4.79 Å². The first kappa shape index (κ1) is 19.4. The van der Waals surface area contributed by atoms with Gasteiger partial charge in [0.1, 0.15) is 5.75 Å². The zero-order chi connectivity index (χ0) is 19.9. The molecule has 2 N–H and O–H groups in total. The van der Waals surface area contributed by atoms with Crippen LogP contribution in [-0.2, 0) is 6.42 Å². The molecule has 2 aromatic rings. The molecular weight excluding hydrogens is 358 g/mol. The Labute approximate surface area is 163 Å². The molecule has 1 aliphatic rings. The average Bonchev–Trinajstić information content (AvgIpc) is 2.96. The molecule has 0 atom stereocenters. The van der Waals surface area contributed by atoms with Gasteiger partial charge in [-0.1, -0.05) is 30.3 Å². The number of urea groups is 1. The molecule has 1 heterocycles. The maximum absolute atomic E-state index is 12.3. The van der Waals surface area contributed by atoms with E-state index in [0.29, 0.717) is 37.1 Å². The number of rotatable bonds is 8. The van der Waals surface area contributed by atoms with E-state index in [-0.39, 0.29) is 24.4 Å². The summed E-state index contributed by atoms with van der Waals surface area (Å²) in [7, 11) is 1.62. The van der Waals surface area contributed by atoms with Crippen molar-refractivity contribution in [2.75, 3.05) is 26.7 Å². The van der Waals surface area contributed by atoms with Crippen molar-refractivity contribution in [1.29, 1.82) is 0 Å². The fraction of sp³-hybridized carbons (Fsp3) is 0.286. The summed E-state index contributed by atoms with van der Waals surface area (Å²) >= 11 is 0. The Hall–Kier alpha value is -3.35. The highest BCUT2D eigenvalue weighted by Crippen LogP contribution is 2.22. The Kier molecular flexibility index (Phi) is 6.26. The first-order valence-electron chi connectivity index (χ1n) is 9.20. The molecule has 1 aliphatic heterocycles. The molecule has 0 spiro atoms. The van der Waals surface area contributed by atoms with Crippen LogP contribution in [0, 0.1) is 0 Å². The van der Waals surface area contributed by atoms with Crippen LogP contribution in [0.25, 0.3) is 0 Å². The highest BCUT2D eigenvalue weighted by molar-refractivity contribution is 6.21. The van der Waals surface area contributed by atoms with Crippen molar-refractivity contribution in [1.82, 2.24) is 15.5 Å². The van der Waals surface area contributed by atoms with Gasteiger partial charge >= 0.3 is 6.03 Å². The van der Waals surface area contributed by atoms with Gasteiger partial charge in [0.25, 0.3) is 11.8 Å². The molecule has 7 heteroatoms. The van der Waals surface area contributed by atoms with Crippen LogP contribution in [0.1, 0.15) is 32.7 Å². The van der Waals surface area contributed by atoms with E-state index in [0.717, 1.165) is 11.3 Å². The molecule has 28 heavy (non-hydrogen) atoms. The maximum atomic E-state index is 12.3. The van der Waals surface area contributed by atoms with E-state index < -0.39 is 0 Å². The number of benzene rings is 2. The van der Waals surface area contributed by atoms with E-state index in [1.54, 1.807) is 31.4 Å². The van der Waals surface area contributed by atoms with Gasteiger partial charge < -0.3 is 15.4 Å². The lowest BCUT2D eigenvalue weighted by Crippen LogP contribution is -2.38. The zero-order valence-corrected chi connectivity index (χ0v) is 15.7. The lowest BCUT2D eigenvalue weighted by atomic mass is 10.1. The van der Waals surface area contributed by atoms with Crippen LogP contribution in [0.2, 0.25) is 0 Å². The topological polar surface area (TPSA) is 87.7 Å². The van der Waals surface area contributed by atoms with Crippen molar-refractivity contribution in [2.24, 2.45) is 0 Å². The molecule has 0 radical (unpaired) electrons. The summed E-state index contributed by atoms with van der Waals surface area (Å²) in [6.45, 7) is 1.12. The predicted molar refractivity (Wildman–Crippen MR) is 105 cm³/mol. The van der Waals surface area contributed by atoms with Crippen LogP contribution in [-0.4, -0.2) is 49.5 Å². The zero-order valence-electron chi connectivity index (χ0n) is 15.7. The summed E-state index contributed by atoms with van der Waals surface area (Å²) in [5, 5.41) is 5.53. The van der Waals surface area contributed by atoms with Gasteiger partial charge in [0.2, 0.25) is 0 Å². The molecule has 7 nitrogen and oxygen atoms in total. The number of ether oxygens (including phenoxy) is 1. The molecule has 0 aromatic heterocycles. The number of methoxy groups -OCH3 is 1. The molecule has 0 bridgehead atoms. The minimum atomic E-state index is -0.280. The van der Waals surface area contributed by atoms with Gasteiger partial charge in [-0.3, -0.25) is 14.5 Å². The molecule has 0 fully saturated rings. The third-order valence-corrected chi connectivity index (χ3v) is 4.59. The lowest BCUT2D eigenvalue weighted by Gasteiger charge is -2.14. The summed E-state index contributed by atoms with van der Waals surface area (Å²) in [5.41, 5.74) is 1.90. The summed E-state index contributed by atoms with van der Waals surface area (Å²) in [4.78, 5) is 37.6. The second-order valence-electron chi connectivity index (χ2n) is 6.41. The number of fused-ring (bicyclic) bond motifs is 1. The highest BCUT2D eigenvalue weighted by atomic mass is 16.5. The van der Waals surface area contributed by atoms with E-state index in [9.17, 15) is 14.4 Å². The highest BCUT2D eigenvalue weighted by Gasteiger charge is 2.34. The number of para-hydroxylation sites is 1. The molecule has 0 unspecified atom stereocenters. The van der Waals surface area contributed by atoms with Crippen LogP contribution in [0.4, 0.5) is 4.79 Å². The number of hydrogen-bond acceptors (Lipinski definition) is 4. The Bertz CT molecular complexity index is 846. The summed E-state index contributed by atoms with van der Waals surface area (Å²) in [6, 6.07) is 14.2. The lowest BCUT2D eigenvalue weighted by molar-refractivity contribution is 0.0653. The number of hydrogen-bond donors (Lipinski definition) is 2. The number of carbonyl (C=O) groups is 3.